The summed E-state index contributed by atoms with van der Waals surface area (Å²) in [5.74, 6) is -0.0492. The Morgan fingerprint density at radius 2 is 1.95 bits per heavy atom. The van der Waals surface area contributed by atoms with Crippen molar-refractivity contribution in [1.29, 1.82) is 0 Å². The summed E-state index contributed by atoms with van der Waals surface area (Å²) < 4.78 is 1.80. The van der Waals surface area contributed by atoms with E-state index < -0.39 is 0 Å². The molecule has 0 bridgehead atoms. The topological polar surface area (TPSA) is 46.9 Å². The smallest absolute Gasteiger partial charge is 0.254 e. The maximum atomic E-state index is 12.3. The van der Waals surface area contributed by atoms with Gasteiger partial charge in [-0.2, -0.15) is 5.10 Å². The molecule has 4 nitrogen and oxygen atoms in total. The Hall–Kier alpha value is -2.10. The first-order valence-corrected chi connectivity index (χ1v) is 7.45. The molecule has 21 heavy (non-hydrogen) atoms. The quantitative estimate of drug-likeness (QED) is 0.915. The normalized spacial score (nSPS) is 12.2. The summed E-state index contributed by atoms with van der Waals surface area (Å²) in [4.78, 5) is 12.3. The zero-order valence-electron chi connectivity index (χ0n) is 13.2. The summed E-state index contributed by atoms with van der Waals surface area (Å²) >= 11 is 0. The summed E-state index contributed by atoms with van der Waals surface area (Å²) in [6.07, 6.45) is 3.68. The summed E-state index contributed by atoms with van der Waals surface area (Å²) in [5.41, 5.74) is 3.67. The van der Waals surface area contributed by atoms with Gasteiger partial charge in [-0.05, 0) is 39.3 Å². The average molecular weight is 285 g/mol. The molecule has 1 aromatic heterocycles. The summed E-state index contributed by atoms with van der Waals surface area (Å²) in [5, 5.41) is 7.37. The van der Waals surface area contributed by atoms with Crippen LogP contribution in [0, 0.1) is 13.8 Å². The van der Waals surface area contributed by atoms with Gasteiger partial charge >= 0.3 is 0 Å². The molecule has 1 atom stereocenters. The molecule has 2 rings (SSSR count). The van der Waals surface area contributed by atoms with E-state index in [1.807, 2.05) is 45.0 Å². The Kier molecular flexibility index (Phi) is 4.78. The van der Waals surface area contributed by atoms with Crippen LogP contribution < -0.4 is 5.32 Å². The number of aromatic nitrogens is 2. The van der Waals surface area contributed by atoms with Gasteiger partial charge in [0.25, 0.3) is 5.91 Å². The molecule has 1 amide bonds. The van der Waals surface area contributed by atoms with E-state index in [-0.39, 0.29) is 11.9 Å². The highest BCUT2D eigenvalue weighted by atomic mass is 16.1. The fraction of sp³-hybridized carbons (Fsp3) is 0.412. The van der Waals surface area contributed by atoms with E-state index in [1.165, 1.54) is 5.56 Å². The van der Waals surface area contributed by atoms with Gasteiger partial charge < -0.3 is 5.32 Å². The first-order chi connectivity index (χ1) is 10.0. The monoisotopic (exact) mass is 285 g/mol. The first-order valence-electron chi connectivity index (χ1n) is 7.45. The molecule has 2 aromatic rings. The maximum absolute atomic E-state index is 12.3. The van der Waals surface area contributed by atoms with Gasteiger partial charge in [-0.25, -0.2) is 4.68 Å². The van der Waals surface area contributed by atoms with Gasteiger partial charge in [0, 0.05) is 6.04 Å². The van der Waals surface area contributed by atoms with Crippen LogP contribution in [0.1, 0.15) is 48.3 Å². The lowest BCUT2D eigenvalue weighted by Crippen LogP contribution is -2.32. The van der Waals surface area contributed by atoms with Gasteiger partial charge in [0.2, 0.25) is 0 Å². The molecule has 0 spiro atoms. The van der Waals surface area contributed by atoms with Crippen molar-refractivity contribution < 1.29 is 4.79 Å². The molecule has 112 valence electrons. The second-order valence-electron chi connectivity index (χ2n) is 5.55. The van der Waals surface area contributed by atoms with Crippen LogP contribution in [0.2, 0.25) is 0 Å². The van der Waals surface area contributed by atoms with Gasteiger partial charge in [0.05, 0.1) is 23.1 Å². The molecule has 1 heterocycles. The standard InChI is InChI=1S/C17H23N3O/c1-5-6-13(3)19-17(21)16-11-18-20(14(16)4)15-9-7-12(2)8-10-15/h7-11,13H,5-6H2,1-4H3,(H,19,21)/t13-/m0/s1. The summed E-state index contributed by atoms with van der Waals surface area (Å²) in [7, 11) is 0. The van der Waals surface area contributed by atoms with Crippen molar-refractivity contribution in [1.82, 2.24) is 15.1 Å². The van der Waals surface area contributed by atoms with Crippen LogP contribution in [0.5, 0.6) is 0 Å². The Balaban J connectivity index is 2.20. The highest BCUT2D eigenvalue weighted by Gasteiger charge is 2.16. The third kappa shape index (κ3) is 3.51. The van der Waals surface area contributed by atoms with E-state index in [0.717, 1.165) is 24.2 Å². The third-order valence-corrected chi connectivity index (χ3v) is 3.63. The van der Waals surface area contributed by atoms with E-state index in [9.17, 15) is 4.79 Å². The molecular formula is C17H23N3O. The van der Waals surface area contributed by atoms with Crippen LogP contribution in [0.4, 0.5) is 0 Å². The molecule has 0 radical (unpaired) electrons. The zero-order chi connectivity index (χ0) is 15.4. The number of carbonyl (C=O) groups excluding carboxylic acids is 1. The largest absolute Gasteiger partial charge is 0.349 e. The maximum Gasteiger partial charge on any atom is 0.254 e. The highest BCUT2D eigenvalue weighted by Crippen LogP contribution is 2.15. The van der Waals surface area contributed by atoms with Crippen LogP contribution in [-0.4, -0.2) is 21.7 Å². The lowest BCUT2D eigenvalue weighted by atomic mass is 10.1. The van der Waals surface area contributed by atoms with E-state index >= 15 is 0 Å². The minimum atomic E-state index is -0.0492. The molecule has 4 heteroatoms. The van der Waals surface area contributed by atoms with Crippen molar-refractivity contribution in [3.63, 3.8) is 0 Å². The van der Waals surface area contributed by atoms with Gasteiger partial charge in [0.15, 0.2) is 0 Å². The zero-order valence-corrected chi connectivity index (χ0v) is 13.2. The number of carbonyl (C=O) groups is 1. The Morgan fingerprint density at radius 1 is 1.29 bits per heavy atom. The Morgan fingerprint density at radius 3 is 2.57 bits per heavy atom. The molecule has 1 N–H and O–H groups in total. The number of nitrogens with one attached hydrogen (secondary N) is 1. The third-order valence-electron chi connectivity index (χ3n) is 3.63. The van der Waals surface area contributed by atoms with Crippen LogP contribution in [0.25, 0.3) is 5.69 Å². The van der Waals surface area contributed by atoms with Gasteiger partial charge in [-0.3, -0.25) is 4.79 Å². The second kappa shape index (κ2) is 6.57. The fourth-order valence-corrected chi connectivity index (χ4v) is 2.39. The van der Waals surface area contributed by atoms with Crippen molar-refractivity contribution in [3.8, 4) is 5.69 Å². The predicted molar refractivity (Wildman–Crippen MR) is 84.9 cm³/mol. The number of hydrogen-bond acceptors (Lipinski definition) is 2. The van der Waals surface area contributed by atoms with E-state index in [2.05, 4.69) is 17.3 Å². The number of rotatable bonds is 5. The number of hydrogen-bond donors (Lipinski definition) is 1. The van der Waals surface area contributed by atoms with Crippen molar-refractivity contribution in [3.05, 3.63) is 47.3 Å². The summed E-state index contributed by atoms with van der Waals surface area (Å²) in [6.45, 7) is 8.12. The average Bonchev–Trinajstić information content (AvgIpc) is 2.82. The molecule has 0 fully saturated rings. The van der Waals surface area contributed by atoms with Crippen LogP contribution in [-0.2, 0) is 0 Å². The lowest BCUT2D eigenvalue weighted by molar-refractivity contribution is 0.0937. The number of nitrogens with zero attached hydrogens (tertiary/aromatic N) is 2. The number of amides is 1. The molecule has 1 aromatic carbocycles. The molecule has 0 saturated carbocycles. The van der Waals surface area contributed by atoms with E-state index in [0.29, 0.717) is 5.56 Å². The Bertz CT molecular complexity index is 613. The van der Waals surface area contributed by atoms with E-state index in [4.69, 9.17) is 0 Å². The Labute approximate surface area is 126 Å². The van der Waals surface area contributed by atoms with Crippen molar-refractivity contribution in [2.24, 2.45) is 0 Å². The first kappa shape index (κ1) is 15.3. The van der Waals surface area contributed by atoms with Crippen LogP contribution >= 0.6 is 0 Å². The van der Waals surface area contributed by atoms with Crippen molar-refractivity contribution in [2.45, 2.75) is 46.6 Å². The minimum absolute atomic E-state index is 0.0492. The van der Waals surface area contributed by atoms with E-state index in [1.54, 1.807) is 10.9 Å². The second-order valence-corrected chi connectivity index (χ2v) is 5.55. The van der Waals surface area contributed by atoms with Crippen molar-refractivity contribution >= 4 is 5.91 Å². The lowest BCUT2D eigenvalue weighted by Gasteiger charge is -2.12. The summed E-state index contributed by atoms with van der Waals surface area (Å²) in [6, 6.07) is 8.29. The van der Waals surface area contributed by atoms with Crippen molar-refractivity contribution in [2.75, 3.05) is 0 Å². The molecule has 0 saturated heterocycles. The van der Waals surface area contributed by atoms with Crippen LogP contribution in [0.15, 0.2) is 30.5 Å². The minimum Gasteiger partial charge on any atom is -0.349 e. The van der Waals surface area contributed by atoms with Gasteiger partial charge in [-0.15, -0.1) is 0 Å². The van der Waals surface area contributed by atoms with Crippen LogP contribution in [0.3, 0.4) is 0 Å². The highest BCUT2D eigenvalue weighted by molar-refractivity contribution is 5.95. The predicted octanol–water partition coefficient (Wildman–Crippen LogP) is 3.41. The number of benzene rings is 1. The molecular weight excluding hydrogens is 262 g/mol. The molecule has 0 aliphatic rings. The SMILES string of the molecule is CCC[C@H](C)NC(=O)c1cnn(-c2ccc(C)cc2)c1C. The molecule has 0 unspecified atom stereocenters. The fourth-order valence-electron chi connectivity index (χ4n) is 2.39. The van der Waals surface area contributed by atoms with Gasteiger partial charge in [-0.1, -0.05) is 31.0 Å². The molecule has 0 aliphatic carbocycles. The molecule has 0 aliphatic heterocycles. The van der Waals surface area contributed by atoms with Gasteiger partial charge in [0.1, 0.15) is 0 Å². The number of aryl methyl sites for hydroxylation is 1.